The van der Waals surface area contributed by atoms with E-state index in [0.717, 1.165) is 5.56 Å². The van der Waals surface area contributed by atoms with Gasteiger partial charge in [0.1, 0.15) is 10.8 Å². The molecule has 0 aliphatic heterocycles. The third kappa shape index (κ3) is 3.03. The molecule has 1 aromatic heterocycles. The van der Waals surface area contributed by atoms with Crippen molar-refractivity contribution in [3.05, 3.63) is 45.7 Å². The van der Waals surface area contributed by atoms with Crippen molar-refractivity contribution in [1.29, 1.82) is 0 Å². The summed E-state index contributed by atoms with van der Waals surface area (Å²) in [4.78, 5) is 14.5. The Hall–Kier alpha value is -1.65. The molecule has 0 radical (unpaired) electrons. The lowest BCUT2D eigenvalue weighted by Crippen LogP contribution is -2.09. The highest BCUT2D eigenvalue weighted by molar-refractivity contribution is 6.41. The number of aromatic nitrogens is 1. The molecule has 2 aromatic rings. The van der Waals surface area contributed by atoms with Gasteiger partial charge in [-0.25, -0.2) is 4.79 Å². The first-order valence-corrected chi connectivity index (χ1v) is 6.17. The van der Waals surface area contributed by atoms with Crippen LogP contribution in [0.2, 0.25) is 10.2 Å². The summed E-state index contributed by atoms with van der Waals surface area (Å²) in [5, 5.41) is 0.467. The molecule has 1 aromatic carbocycles. The van der Waals surface area contributed by atoms with Crippen LogP contribution in [-0.2, 0) is 0 Å². The SMILES string of the molecule is COc1cc(C)ccc1OC(=O)c1cc(Cl)c(Cl)[nH]1. The van der Waals surface area contributed by atoms with Crippen LogP contribution >= 0.6 is 23.2 Å². The maximum absolute atomic E-state index is 11.9. The van der Waals surface area contributed by atoms with Crippen LogP contribution in [0.15, 0.2) is 24.3 Å². The number of carbonyl (C=O) groups is 1. The molecular weight excluding hydrogens is 289 g/mol. The fourth-order valence-corrected chi connectivity index (χ4v) is 1.84. The van der Waals surface area contributed by atoms with Gasteiger partial charge in [-0.3, -0.25) is 0 Å². The summed E-state index contributed by atoms with van der Waals surface area (Å²) >= 11 is 11.5. The predicted molar refractivity (Wildman–Crippen MR) is 73.5 cm³/mol. The van der Waals surface area contributed by atoms with E-state index in [1.165, 1.54) is 13.2 Å². The van der Waals surface area contributed by atoms with Crippen molar-refractivity contribution in [2.75, 3.05) is 7.11 Å². The lowest BCUT2D eigenvalue weighted by atomic mass is 10.2. The van der Waals surface area contributed by atoms with Gasteiger partial charge in [0.15, 0.2) is 11.5 Å². The van der Waals surface area contributed by atoms with E-state index in [-0.39, 0.29) is 15.9 Å². The van der Waals surface area contributed by atoms with E-state index in [0.29, 0.717) is 11.5 Å². The highest BCUT2D eigenvalue weighted by Gasteiger charge is 2.16. The second-order valence-corrected chi connectivity index (χ2v) is 4.67. The average Bonchev–Trinajstić information content (AvgIpc) is 2.72. The lowest BCUT2D eigenvalue weighted by Gasteiger charge is -2.09. The molecule has 19 heavy (non-hydrogen) atoms. The Kier molecular flexibility index (Phi) is 4.02. The van der Waals surface area contributed by atoms with E-state index >= 15 is 0 Å². The van der Waals surface area contributed by atoms with E-state index in [2.05, 4.69) is 4.98 Å². The molecule has 0 unspecified atom stereocenters. The number of aromatic amines is 1. The first kappa shape index (κ1) is 13.8. The summed E-state index contributed by atoms with van der Waals surface area (Å²) in [6, 6.07) is 6.67. The molecule has 0 saturated carbocycles. The second kappa shape index (κ2) is 5.55. The number of methoxy groups -OCH3 is 1. The van der Waals surface area contributed by atoms with Crippen LogP contribution in [0.25, 0.3) is 0 Å². The lowest BCUT2D eigenvalue weighted by molar-refractivity contribution is 0.0724. The van der Waals surface area contributed by atoms with Gasteiger partial charge in [0.05, 0.1) is 12.1 Å². The van der Waals surface area contributed by atoms with Gasteiger partial charge in [-0.05, 0) is 30.7 Å². The molecule has 2 rings (SSSR count). The summed E-state index contributed by atoms with van der Waals surface area (Å²) in [5.41, 5.74) is 1.18. The Balaban J connectivity index is 2.23. The fourth-order valence-electron chi connectivity index (χ4n) is 1.53. The first-order valence-electron chi connectivity index (χ1n) is 5.42. The van der Waals surface area contributed by atoms with Crippen LogP contribution in [0.4, 0.5) is 0 Å². The molecule has 1 heterocycles. The molecule has 0 aliphatic carbocycles. The minimum atomic E-state index is -0.587. The molecule has 0 fully saturated rings. The van der Waals surface area contributed by atoms with Crippen molar-refractivity contribution in [1.82, 2.24) is 4.98 Å². The van der Waals surface area contributed by atoms with Gasteiger partial charge in [-0.15, -0.1) is 0 Å². The van der Waals surface area contributed by atoms with E-state index < -0.39 is 5.97 Å². The summed E-state index contributed by atoms with van der Waals surface area (Å²) in [7, 11) is 1.51. The zero-order chi connectivity index (χ0) is 14.0. The number of ether oxygens (including phenoxy) is 2. The second-order valence-electron chi connectivity index (χ2n) is 3.89. The summed E-state index contributed by atoms with van der Waals surface area (Å²) in [6.45, 7) is 1.92. The number of halogens is 2. The maximum atomic E-state index is 11.9. The van der Waals surface area contributed by atoms with Gasteiger partial charge in [0.2, 0.25) is 0 Å². The van der Waals surface area contributed by atoms with Gasteiger partial charge in [0, 0.05) is 0 Å². The van der Waals surface area contributed by atoms with Crippen molar-refractivity contribution in [3.63, 3.8) is 0 Å². The van der Waals surface area contributed by atoms with Crippen LogP contribution in [-0.4, -0.2) is 18.1 Å². The molecule has 0 spiro atoms. The van der Waals surface area contributed by atoms with Gasteiger partial charge in [-0.2, -0.15) is 0 Å². The molecule has 1 N–H and O–H groups in total. The van der Waals surface area contributed by atoms with Gasteiger partial charge in [0.25, 0.3) is 0 Å². The smallest absolute Gasteiger partial charge is 0.360 e. The number of benzene rings is 1. The number of H-pyrrole nitrogens is 1. The molecule has 6 heteroatoms. The molecule has 0 bridgehead atoms. The third-order valence-corrected chi connectivity index (χ3v) is 3.16. The number of nitrogens with one attached hydrogen (secondary N) is 1. The summed E-state index contributed by atoms with van der Waals surface area (Å²) in [5.74, 6) is 0.230. The molecule has 0 saturated heterocycles. The highest BCUT2D eigenvalue weighted by atomic mass is 35.5. The van der Waals surface area contributed by atoms with Crippen molar-refractivity contribution >= 4 is 29.2 Å². The van der Waals surface area contributed by atoms with Crippen LogP contribution in [0.3, 0.4) is 0 Å². The average molecular weight is 300 g/mol. The number of carbonyl (C=O) groups excluding carboxylic acids is 1. The Morgan fingerprint density at radius 1 is 1.21 bits per heavy atom. The highest BCUT2D eigenvalue weighted by Crippen LogP contribution is 2.29. The van der Waals surface area contributed by atoms with Gasteiger partial charge >= 0.3 is 5.97 Å². The summed E-state index contributed by atoms with van der Waals surface area (Å²) in [6.07, 6.45) is 0. The Morgan fingerprint density at radius 2 is 1.95 bits per heavy atom. The molecule has 0 amide bonds. The van der Waals surface area contributed by atoms with Crippen LogP contribution in [0.5, 0.6) is 11.5 Å². The zero-order valence-corrected chi connectivity index (χ0v) is 11.8. The zero-order valence-electron chi connectivity index (χ0n) is 10.3. The van der Waals surface area contributed by atoms with Crippen LogP contribution in [0.1, 0.15) is 16.1 Å². The van der Waals surface area contributed by atoms with Crippen molar-refractivity contribution in [2.24, 2.45) is 0 Å². The number of hydrogen-bond donors (Lipinski definition) is 1. The topological polar surface area (TPSA) is 51.3 Å². The first-order chi connectivity index (χ1) is 9.01. The standard InChI is InChI=1S/C13H11Cl2NO3/c1-7-3-4-10(11(5-7)18-2)19-13(17)9-6-8(14)12(15)16-9/h3-6,16H,1-2H3. The normalized spacial score (nSPS) is 10.3. The van der Waals surface area contributed by atoms with Crippen molar-refractivity contribution in [3.8, 4) is 11.5 Å². The number of esters is 1. The van der Waals surface area contributed by atoms with Gasteiger partial charge in [-0.1, -0.05) is 29.3 Å². The molecule has 4 nitrogen and oxygen atoms in total. The Morgan fingerprint density at radius 3 is 2.53 bits per heavy atom. The number of rotatable bonds is 3. The maximum Gasteiger partial charge on any atom is 0.360 e. The molecule has 0 aliphatic rings. The van der Waals surface area contributed by atoms with Crippen molar-refractivity contribution < 1.29 is 14.3 Å². The Bertz CT molecular complexity index is 603. The largest absolute Gasteiger partial charge is 0.493 e. The predicted octanol–water partition coefficient (Wildman–Crippen LogP) is 3.86. The molecule has 100 valence electrons. The monoisotopic (exact) mass is 299 g/mol. The quantitative estimate of drug-likeness (QED) is 0.691. The van der Waals surface area contributed by atoms with Crippen LogP contribution in [0, 0.1) is 6.92 Å². The Labute approximate surface area is 120 Å². The van der Waals surface area contributed by atoms with Crippen molar-refractivity contribution in [2.45, 2.75) is 6.92 Å². The minimum Gasteiger partial charge on any atom is -0.493 e. The van der Waals surface area contributed by atoms with Crippen LogP contribution < -0.4 is 9.47 Å². The summed E-state index contributed by atoms with van der Waals surface area (Å²) < 4.78 is 10.4. The number of hydrogen-bond acceptors (Lipinski definition) is 3. The molecular formula is C13H11Cl2NO3. The molecule has 0 atom stereocenters. The fraction of sp³-hybridized carbons (Fsp3) is 0.154. The van der Waals surface area contributed by atoms with E-state index in [9.17, 15) is 4.79 Å². The third-order valence-electron chi connectivity index (χ3n) is 2.47. The minimum absolute atomic E-state index is 0.178. The van der Waals surface area contributed by atoms with Gasteiger partial charge < -0.3 is 14.5 Å². The number of aryl methyl sites for hydroxylation is 1. The van der Waals surface area contributed by atoms with E-state index in [4.69, 9.17) is 32.7 Å². The van der Waals surface area contributed by atoms with E-state index in [1.54, 1.807) is 12.1 Å². The van der Waals surface area contributed by atoms with E-state index in [1.807, 2.05) is 13.0 Å².